The Morgan fingerprint density at radius 1 is 1.79 bits per heavy atom. The zero-order valence-electron chi connectivity index (χ0n) is 11.0. The fourth-order valence-electron chi connectivity index (χ4n) is 0.768. The largest absolute Gasteiger partial charge is 0.611 e. The average molecular weight is 235 g/mol. The minimum absolute atomic E-state index is 0.188. The number of carbonyl (C=O) groups excluding carboxylic acids is 1. The van der Waals surface area contributed by atoms with Crippen molar-refractivity contribution in [3.8, 4) is 0 Å². The van der Waals surface area contributed by atoms with E-state index in [1.807, 2.05) is 0 Å². The first-order valence-electron chi connectivity index (χ1n) is 5.23. The summed E-state index contributed by atoms with van der Waals surface area (Å²) < 4.78 is 33.6. The van der Waals surface area contributed by atoms with E-state index in [9.17, 15) is 9.35 Å². The monoisotopic (exact) mass is 235 g/mol. The normalized spacial score (nSPS) is 16.7. The summed E-state index contributed by atoms with van der Waals surface area (Å²) in [5.41, 5.74) is -0.188. The highest BCUT2D eigenvalue weighted by Gasteiger charge is 2.19. The van der Waals surface area contributed by atoms with Crippen molar-refractivity contribution in [2.24, 2.45) is 0 Å². The maximum atomic E-state index is 11.4. The molecular weight excluding hydrogens is 220 g/mol. The molecule has 0 bridgehead atoms. The van der Waals surface area contributed by atoms with Gasteiger partial charge in [0.05, 0.1) is 0 Å². The summed E-state index contributed by atoms with van der Waals surface area (Å²) in [4.78, 5) is 16.3. The van der Waals surface area contributed by atoms with E-state index < -0.39 is 18.0 Å². The molecule has 0 saturated carbocycles. The van der Waals surface area contributed by atoms with Crippen LogP contribution in [0, 0.1) is 6.85 Å². The van der Waals surface area contributed by atoms with Crippen molar-refractivity contribution in [1.29, 1.82) is 0 Å². The van der Waals surface area contributed by atoms with Crippen LogP contribution in [0.5, 0.6) is 0 Å². The molecule has 1 aromatic heterocycles. The van der Waals surface area contributed by atoms with Crippen LogP contribution in [0.15, 0.2) is 4.21 Å². The van der Waals surface area contributed by atoms with Gasteiger partial charge in [0, 0.05) is 18.1 Å². The first-order valence-corrected chi connectivity index (χ1v) is 6.11. The number of aromatic nitrogens is 1. The maximum Gasteiger partial charge on any atom is 0.231 e. The van der Waals surface area contributed by atoms with Gasteiger partial charge in [0.2, 0.25) is 10.1 Å². The van der Waals surface area contributed by atoms with E-state index in [2.05, 4.69) is 4.98 Å². The van der Waals surface area contributed by atoms with E-state index in [0.717, 1.165) is 11.3 Å². The number of hydrogen-bond donors (Lipinski definition) is 0. The molecule has 0 fully saturated rings. The molecule has 0 saturated heterocycles. The SMILES string of the molecule is [2H]C([2H])([2H])c1nc(N(C)C(C)=O)sc1[S+](C)[O-]. The second-order valence-electron chi connectivity index (χ2n) is 2.66. The smallest absolute Gasteiger partial charge is 0.231 e. The average Bonchev–Trinajstić information content (AvgIpc) is 2.59. The van der Waals surface area contributed by atoms with Crippen LogP contribution in [0.3, 0.4) is 0 Å². The molecule has 1 heterocycles. The van der Waals surface area contributed by atoms with Crippen molar-refractivity contribution in [3.05, 3.63) is 5.69 Å². The molecule has 1 unspecified atom stereocenters. The molecular formula is C8H12N2O2S2. The van der Waals surface area contributed by atoms with E-state index in [0.29, 0.717) is 0 Å². The zero-order chi connectivity index (χ0) is 13.4. The second kappa shape index (κ2) is 4.29. The van der Waals surface area contributed by atoms with Crippen LogP contribution in [0.1, 0.15) is 16.7 Å². The number of amides is 1. The van der Waals surface area contributed by atoms with Gasteiger partial charge in [-0.25, -0.2) is 4.98 Å². The standard InChI is InChI=1S/C8H12N2O2S2/c1-5-7(14(4)12)13-8(9-5)10(3)6(2)11/h1-4H3/i1D3. The number of nitrogens with zero attached hydrogens (tertiary/aromatic N) is 2. The van der Waals surface area contributed by atoms with Crippen LogP contribution in [0.4, 0.5) is 5.13 Å². The molecule has 4 nitrogen and oxygen atoms in total. The Hall–Kier alpha value is -0.590. The summed E-state index contributed by atoms with van der Waals surface area (Å²) in [6.07, 6.45) is 1.39. The van der Waals surface area contributed by atoms with Gasteiger partial charge in [-0.1, -0.05) is 0 Å². The lowest BCUT2D eigenvalue weighted by Gasteiger charge is -2.08. The molecule has 1 rings (SSSR count). The van der Waals surface area contributed by atoms with Gasteiger partial charge < -0.3 is 4.55 Å². The highest BCUT2D eigenvalue weighted by molar-refractivity contribution is 7.92. The minimum Gasteiger partial charge on any atom is -0.611 e. The summed E-state index contributed by atoms with van der Waals surface area (Å²) in [5.74, 6) is -0.260. The number of hydrogen-bond acceptors (Lipinski definition) is 4. The molecule has 1 atom stereocenters. The molecule has 0 aromatic carbocycles. The van der Waals surface area contributed by atoms with Crippen LogP contribution in [0.25, 0.3) is 0 Å². The fourth-order valence-corrected chi connectivity index (χ4v) is 2.49. The zero-order valence-corrected chi connectivity index (χ0v) is 9.66. The third kappa shape index (κ3) is 2.26. The number of aryl methyl sites for hydroxylation is 1. The van der Waals surface area contributed by atoms with Crippen LogP contribution in [-0.4, -0.2) is 28.7 Å². The Morgan fingerprint density at radius 2 is 2.43 bits per heavy atom. The van der Waals surface area contributed by atoms with E-state index in [-0.39, 0.29) is 20.9 Å². The van der Waals surface area contributed by atoms with Gasteiger partial charge in [0.15, 0.2) is 5.13 Å². The fraction of sp³-hybridized carbons (Fsp3) is 0.500. The van der Waals surface area contributed by atoms with Crippen molar-refractivity contribution in [1.82, 2.24) is 4.98 Å². The van der Waals surface area contributed by atoms with Gasteiger partial charge in [-0.2, -0.15) is 0 Å². The van der Waals surface area contributed by atoms with Crippen molar-refractivity contribution >= 4 is 33.6 Å². The maximum absolute atomic E-state index is 11.4. The lowest BCUT2D eigenvalue weighted by atomic mass is 10.6. The molecule has 0 spiro atoms. The van der Waals surface area contributed by atoms with Crippen LogP contribution >= 0.6 is 11.3 Å². The van der Waals surface area contributed by atoms with Gasteiger partial charge in [-0.3, -0.25) is 9.69 Å². The Labute approximate surface area is 94.3 Å². The van der Waals surface area contributed by atoms with Gasteiger partial charge in [0.1, 0.15) is 11.9 Å². The van der Waals surface area contributed by atoms with E-state index in [1.54, 1.807) is 0 Å². The Bertz CT molecular complexity index is 431. The van der Waals surface area contributed by atoms with Crippen molar-refractivity contribution in [3.63, 3.8) is 0 Å². The van der Waals surface area contributed by atoms with Crippen molar-refractivity contribution in [2.45, 2.75) is 18.0 Å². The molecule has 0 aliphatic rings. The third-order valence-electron chi connectivity index (χ3n) is 1.61. The first kappa shape index (κ1) is 7.67. The number of carbonyl (C=O) groups is 1. The van der Waals surface area contributed by atoms with Gasteiger partial charge in [0.25, 0.3) is 0 Å². The summed E-state index contributed by atoms with van der Waals surface area (Å²) in [6.45, 7) is -1.08. The molecule has 0 aliphatic carbocycles. The predicted octanol–water partition coefficient (Wildman–Crippen LogP) is 1.17. The topological polar surface area (TPSA) is 56.3 Å². The van der Waals surface area contributed by atoms with Gasteiger partial charge in [-0.15, -0.1) is 0 Å². The molecule has 0 radical (unpaired) electrons. The van der Waals surface area contributed by atoms with Crippen molar-refractivity contribution < 1.29 is 13.5 Å². The predicted molar refractivity (Wildman–Crippen MR) is 58.3 cm³/mol. The quantitative estimate of drug-likeness (QED) is 0.723. The molecule has 6 heteroatoms. The number of thiazole rings is 1. The second-order valence-corrected chi connectivity index (χ2v) is 5.22. The van der Waals surface area contributed by atoms with E-state index in [4.69, 9.17) is 4.11 Å². The minimum atomic E-state index is -2.42. The molecule has 0 N–H and O–H groups in total. The van der Waals surface area contributed by atoms with E-state index >= 15 is 0 Å². The third-order valence-corrected chi connectivity index (χ3v) is 4.20. The molecule has 1 aromatic rings. The molecule has 0 aliphatic heterocycles. The summed E-state index contributed by atoms with van der Waals surface area (Å²) in [6, 6.07) is 0. The van der Waals surface area contributed by atoms with Crippen molar-refractivity contribution in [2.75, 3.05) is 18.2 Å². The van der Waals surface area contributed by atoms with Crippen LogP contribution < -0.4 is 4.90 Å². The lowest BCUT2D eigenvalue weighted by molar-refractivity contribution is -0.116. The van der Waals surface area contributed by atoms with Gasteiger partial charge in [-0.05, 0) is 29.4 Å². The molecule has 1 amide bonds. The number of rotatable bonds is 2. The Morgan fingerprint density at radius 3 is 2.79 bits per heavy atom. The Balaban J connectivity index is 3.27. The summed E-state index contributed by atoms with van der Waals surface area (Å²) in [7, 11) is 1.49. The first-order chi connectivity index (χ1) is 7.64. The number of anilines is 1. The Kier molecular flexibility index (Phi) is 2.35. The van der Waals surface area contributed by atoms with Crippen LogP contribution in [0.2, 0.25) is 0 Å². The van der Waals surface area contributed by atoms with E-state index in [1.165, 1.54) is 25.1 Å². The van der Waals surface area contributed by atoms with Gasteiger partial charge >= 0.3 is 0 Å². The molecule has 14 heavy (non-hydrogen) atoms. The summed E-state index contributed by atoms with van der Waals surface area (Å²) in [5, 5.41) is 0.244. The molecule has 78 valence electrons. The van der Waals surface area contributed by atoms with Crippen LogP contribution in [-0.2, 0) is 16.0 Å². The summed E-state index contributed by atoms with van der Waals surface area (Å²) >= 11 is -0.473. The lowest BCUT2D eigenvalue weighted by Crippen LogP contribution is -2.22. The highest BCUT2D eigenvalue weighted by atomic mass is 32.2. The highest BCUT2D eigenvalue weighted by Crippen LogP contribution is 2.28.